The van der Waals surface area contributed by atoms with Gasteiger partial charge in [0.2, 0.25) is 0 Å². The molecule has 0 heterocycles. The smallest absolute Gasteiger partial charge is 0.135 e. The monoisotopic (exact) mass is 311 g/mol. The van der Waals surface area contributed by atoms with Gasteiger partial charge < -0.3 is 10.1 Å². The molecule has 18 heavy (non-hydrogen) atoms. The quantitative estimate of drug-likeness (QED) is 0.859. The summed E-state index contributed by atoms with van der Waals surface area (Å²) >= 11 is 3.49. The van der Waals surface area contributed by atoms with E-state index in [2.05, 4.69) is 40.3 Å². The van der Waals surface area contributed by atoms with Gasteiger partial charge in [-0.2, -0.15) is 0 Å². The Kier molecular flexibility index (Phi) is 4.93. The molecule has 1 N–H and O–H groups in total. The van der Waals surface area contributed by atoms with Gasteiger partial charge in [-0.25, -0.2) is 0 Å². The summed E-state index contributed by atoms with van der Waals surface area (Å²) in [4.78, 5) is 0. The Hall–Kier alpha value is -0.700. The summed E-state index contributed by atoms with van der Waals surface area (Å²) in [6, 6.07) is 6.86. The first-order valence-corrected chi connectivity index (χ1v) is 7.64. The summed E-state index contributed by atoms with van der Waals surface area (Å²) in [5.74, 6) is 1.71. The first-order chi connectivity index (χ1) is 8.74. The number of nitrogens with one attached hydrogen (secondary N) is 1. The van der Waals surface area contributed by atoms with Crippen LogP contribution in [-0.4, -0.2) is 13.2 Å². The van der Waals surface area contributed by atoms with Crippen molar-refractivity contribution in [3.05, 3.63) is 22.7 Å². The van der Waals surface area contributed by atoms with Crippen molar-refractivity contribution in [3.8, 4) is 5.75 Å². The molecule has 0 spiro atoms. The lowest BCUT2D eigenvalue weighted by atomic mass is 9.83. The Labute approximate surface area is 118 Å². The molecular weight excluding hydrogens is 290 g/mol. The topological polar surface area (TPSA) is 21.3 Å². The number of anilines is 1. The van der Waals surface area contributed by atoms with E-state index in [9.17, 15) is 0 Å². The molecule has 1 aliphatic carbocycles. The van der Waals surface area contributed by atoms with E-state index >= 15 is 0 Å². The molecule has 0 bridgehead atoms. The molecule has 1 saturated carbocycles. The van der Waals surface area contributed by atoms with E-state index in [1.165, 1.54) is 37.8 Å². The average molecular weight is 312 g/mol. The Bertz CT molecular complexity index is 394. The molecule has 0 saturated heterocycles. The zero-order chi connectivity index (χ0) is 13.0. The van der Waals surface area contributed by atoms with Crippen molar-refractivity contribution < 1.29 is 4.74 Å². The van der Waals surface area contributed by atoms with Crippen LogP contribution in [-0.2, 0) is 0 Å². The lowest BCUT2D eigenvalue weighted by Gasteiger charge is -2.32. The normalized spacial score (nSPS) is 23.7. The Morgan fingerprint density at radius 1 is 1.33 bits per heavy atom. The van der Waals surface area contributed by atoms with Crippen molar-refractivity contribution in [3.63, 3.8) is 0 Å². The molecule has 2 nitrogen and oxygen atoms in total. The van der Waals surface area contributed by atoms with Crippen molar-refractivity contribution >= 4 is 21.6 Å². The molecule has 100 valence electrons. The standard InChI is InChI=1S/C15H22BrNO/c1-3-11-6-4-5-7-14(11)17-12-8-9-13(16)15(10-12)18-2/h8-11,14,17H,3-7H2,1-2H3. The van der Waals surface area contributed by atoms with E-state index in [0.29, 0.717) is 6.04 Å². The minimum atomic E-state index is 0.620. The van der Waals surface area contributed by atoms with Crippen LogP contribution in [0.25, 0.3) is 0 Å². The van der Waals surface area contributed by atoms with Crippen molar-refractivity contribution in [2.75, 3.05) is 12.4 Å². The van der Waals surface area contributed by atoms with Gasteiger partial charge in [0.25, 0.3) is 0 Å². The van der Waals surface area contributed by atoms with Gasteiger partial charge in [-0.05, 0) is 46.8 Å². The number of hydrogen-bond donors (Lipinski definition) is 1. The fraction of sp³-hybridized carbons (Fsp3) is 0.600. The van der Waals surface area contributed by atoms with Crippen LogP contribution in [0.2, 0.25) is 0 Å². The van der Waals surface area contributed by atoms with Crippen LogP contribution in [0.15, 0.2) is 22.7 Å². The molecule has 0 radical (unpaired) electrons. The Balaban J connectivity index is 2.07. The summed E-state index contributed by atoms with van der Waals surface area (Å²) in [7, 11) is 1.71. The molecule has 2 atom stereocenters. The second-order valence-corrected chi connectivity index (χ2v) is 5.91. The molecule has 1 fully saturated rings. The molecule has 2 rings (SSSR count). The van der Waals surface area contributed by atoms with E-state index in [-0.39, 0.29) is 0 Å². The molecule has 2 unspecified atom stereocenters. The van der Waals surface area contributed by atoms with Crippen molar-refractivity contribution in [1.82, 2.24) is 0 Å². The largest absolute Gasteiger partial charge is 0.495 e. The van der Waals surface area contributed by atoms with E-state index in [1.54, 1.807) is 7.11 Å². The van der Waals surface area contributed by atoms with Crippen LogP contribution < -0.4 is 10.1 Å². The minimum absolute atomic E-state index is 0.620. The van der Waals surface area contributed by atoms with Gasteiger partial charge >= 0.3 is 0 Å². The van der Waals surface area contributed by atoms with E-state index < -0.39 is 0 Å². The van der Waals surface area contributed by atoms with E-state index in [0.717, 1.165) is 16.1 Å². The third kappa shape index (κ3) is 3.19. The summed E-state index contributed by atoms with van der Waals surface area (Å²) in [6.07, 6.45) is 6.66. The van der Waals surface area contributed by atoms with Gasteiger partial charge in [0.1, 0.15) is 5.75 Å². The van der Waals surface area contributed by atoms with E-state index in [4.69, 9.17) is 4.74 Å². The average Bonchev–Trinajstić information content (AvgIpc) is 2.41. The van der Waals surface area contributed by atoms with Crippen LogP contribution in [0.4, 0.5) is 5.69 Å². The Morgan fingerprint density at radius 2 is 2.11 bits per heavy atom. The van der Waals surface area contributed by atoms with Crippen molar-refractivity contribution in [2.45, 2.75) is 45.1 Å². The van der Waals surface area contributed by atoms with Gasteiger partial charge in [-0.15, -0.1) is 0 Å². The number of hydrogen-bond acceptors (Lipinski definition) is 2. The van der Waals surface area contributed by atoms with Gasteiger partial charge in [-0.3, -0.25) is 0 Å². The molecular formula is C15H22BrNO. The fourth-order valence-electron chi connectivity index (χ4n) is 2.85. The molecule has 1 aromatic rings. The third-order valence-electron chi connectivity index (χ3n) is 3.94. The molecule has 1 aliphatic rings. The van der Waals surface area contributed by atoms with Gasteiger partial charge in [-0.1, -0.05) is 26.2 Å². The number of benzene rings is 1. The molecule has 0 amide bonds. The maximum Gasteiger partial charge on any atom is 0.135 e. The maximum atomic E-state index is 5.34. The predicted octanol–water partition coefficient (Wildman–Crippen LogP) is 4.84. The Morgan fingerprint density at radius 3 is 2.83 bits per heavy atom. The summed E-state index contributed by atoms with van der Waals surface area (Å²) in [6.45, 7) is 2.30. The lowest BCUT2D eigenvalue weighted by molar-refractivity contribution is 0.317. The second kappa shape index (κ2) is 6.46. The summed E-state index contributed by atoms with van der Waals surface area (Å²) < 4.78 is 6.35. The highest BCUT2D eigenvalue weighted by molar-refractivity contribution is 9.10. The summed E-state index contributed by atoms with van der Waals surface area (Å²) in [5, 5.41) is 3.68. The van der Waals surface area contributed by atoms with Crippen LogP contribution in [0.1, 0.15) is 39.0 Å². The maximum absolute atomic E-state index is 5.34. The zero-order valence-corrected chi connectivity index (χ0v) is 12.8. The SMILES string of the molecule is CCC1CCCCC1Nc1ccc(Br)c(OC)c1. The number of ether oxygens (including phenoxy) is 1. The van der Waals surface area contributed by atoms with E-state index in [1.807, 2.05) is 6.07 Å². The highest BCUT2D eigenvalue weighted by Crippen LogP contribution is 2.32. The zero-order valence-electron chi connectivity index (χ0n) is 11.2. The minimum Gasteiger partial charge on any atom is -0.495 e. The number of halogens is 1. The second-order valence-electron chi connectivity index (χ2n) is 5.05. The van der Waals surface area contributed by atoms with Gasteiger partial charge in [0.05, 0.1) is 11.6 Å². The summed E-state index contributed by atoms with van der Waals surface area (Å²) in [5.41, 5.74) is 1.17. The highest BCUT2D eigenvalue weighted by Gasteiger charge is 2.23. The third-order valence-corrected chi connectivity index (χ3v) is 4.59. The molecule has 0 aliphatic heterocycles. The van der Waals surface area contributed by atoms with Crippen LogP contribution in [0.5, 0.6) is 5.75 Å². The first kappa shape index (κ1) is 13.7. The van der Waals surface area contributed by atoms with Crippen LogP contribution >= 0.6 is 15.9 Å². The number of rotatable bonds is 4. The van der Waals surface area contributed by atoms with Crippen LogP contribution in [0, 0.1) is 5.92 Å². The number of methoxy groups -OCH3 is 1. The van der Waals surface area contributed by atoms with Crippen LogP contribution in [0.3, 0.4) is 0 Å². The van der Waals surface area contributed by atoms with Gasteiger partial charge in [0, 0.05) is 17.8 Å². The fourth-order valence-corrected chi connectivity index (χ4v) is 3.26. The highest BCUT2D eigenvalue weighted by atomic mass is 79.9. The van der Waals surface area contributed by atoms with Crippen molar-refractivity contribution in [1.29, 1.82) is 0 Å². The molecule has 3 heteroatoms. The molecule has 0 aromatic heterocycles. The lowest BCUT2D eigenvalue weighted by Crippen LogP contribution is -2.31. The first-order valence-electron chi connectivity index (χ1n) is 6.84. The van der Waals surface area contributed by atoms with Crippen molar-refractivity contribution in [2.24, 2.45) is 5.92 Å². The van der Waals surface area contributed by atoms with Gasteiger partial charge in [0.15, 0.2) is 0 Å². The molecule has 1 aromatic carbocycles. The predicted molar refractivity (Wildman–Crippen MR) is 80.4 cm³/mol.